The van der Waals surface area contributed by atoms with Crippen molar-refractivity contribution in [3.63, 3.8) is 0 Å². The number of carbonyl (C=O) groups is 3. The normalized spacial score (nSPS) is 11.3. The number of nitrogens with one attached hydrogen (secondary N) is 2. The van der Waals surface area contributed by atoms with Gasteiger partial charge in [0.25, 0.3) is 5.91 Å². The molecule has 3 N–H and O–H groups in total. The first-order valence-electron chi connectivity index (χ1n) is 8.10. The number of ether oxygens (including phenoxy) is 1. The maximum Gasteiger partial charge on any atom is 0.338 e. The molecule has 0 radical (unpaired) electrons. The lowest BCUT2D eigenvalue weighted by Gasteiger charge is -2.13. The van der Waals surface area contributed by atoms with Crippen LogP contribution in [0.2, 0.25) is 0 Å². The molecule has 2 rings (SSSR count). The number of urea groups is 1. The number of aromatic hydroxyl groups is 1. The van der Waals surface area contributed by atoms with Gasteiger partial charge in [0.1, 0.15) is 5.75 Å². The topological polar surface area (TPSA) is 105 Å². The van der Waals surface area contributed by atoms with Crippen LogP contribution in [-0.2, 0) is 9.53 Å². The molecule has 0 aliphatic rings. The Labute approximate surface area is 151 Å². The van der Waals surface area contributed by atoms with Gasteiger partial charge in [-0.3, -0.25) is 10.1 Å². The second-order valence-electron chi connectivity index (χ2n) is 5.52. The van der Waals surface area contributed by atoms with E-state index in [0.29, 0.717) is 6.54 Å². The predicted octanol–water partition coefficient (Wildman–Crippen LogP) is 2.45. The minimum Gasteiger partial charge on any atom is -0.508 e. The monoisotopic (exact) mass is 356 g/mol. The molecule has 0 bridgehead atoms. The molecule has 0 aromatic heterocycles. The molecule has 0 saturated carbocycles. The van der Waals surface area contributed by atoms with Crippen LogP contribution in [0.25, 0.3) is 11.1 Å². The molecule has 2 aromatic carbocycles. The molecule has 3 amide bonds. The number of carbonyl (C=O) groups excluding carboxylic acids is 3. The van der Waals surface area contributed by atoms with Crippen LogP contribution in [-0.4, -0.2) is 35.7 Å². The van der Waals surface area contributed by atoms with Crippen molar-refractivity contribution < 1.29 is 24.2 Å². The van der Waals surface area contributed by atoms with E-state index in [2.05, 4.69) is 10.6 Å². The molecule has 0 aliphatic heterocycles. The molecular weight excluding hydrogens is 336 g/mol. The van der Waals surface area contributed by atoms with Crippen molar-refractivity contribution in [2.24, 2.45) is 0 Å². The lowest BCUT2D eigenvalue weighted by Crippen LogP contribution is -2.44. The molecule has 0 heterocycles. The summed E-state index contributed by atoms with van der Waals surface area (Å²) < 4.78 is 5.07. The molecule has 2 aromatic rings. The molecule has 7 heteroatoms. The fourth-order valence-corrected chi connectivity index (χ4v) is 2.15. The van der Waals surface area contributed by atoms with Crippen molar-refractivity contribution in [3.05, 3.63) is 54.1 Å². The van der Waals surface area contributed by atoms with Crippen LogP contribution in [0.5, 0.6) is 5.75 Å². The van der Waals surface area contributed by atoms with Gasteiger partial charge in [-0.2, -0.15) is 0 Å². The van der Waals surface area contributed by atoms with Crippen LogP contribution < -0.4 is 10.6 Å². The van der Waals surface area contributed by atoms with E-state index >= 15 is 0 Å². The Morgan fingerprint density at radius 1 is 1.00 bits per heavy atom. The van der Waals surface area contributed by atoms with Gasteiger partial charge in [0, 0.05) is 6.54 Å². The molecule has 136 valence electrons. The van der Waals surface area contributed by atoms with Gasteiger partial charge in [-0.05, 0) is 49.2 Å². The summed E-state index contributed by atoms with van der Waals surface area (Å²) in [6.07, 6.45) is -1.11. The third kappa shape index (κ3) is 5.07. The lowest BCUT2D eigenvalue weighted by molar-refractivity contribution is -0.127. The molecule has 26 heavy (non-hydrogen) atoms. The van der Waals surface area contributed by atoms with Crippen LogP contribution in [0.3, 0.4) is 0 Å². The summed E-state index contributed by atoms with van der Waals surface area (Å²) in [7, 11) is 0. The molecule has 1 atom stereocenters. The lowest BCUT2D eigenvalue weighted by atomic mass is 10.0. The average Bonchev–Trinajstić information content (AvgIpc) is 2.62. The van der Waals surface area contributed by atoms with Crippen molar-refractivity contribution in [1.29, 1.82) is 0 Å². The smallest absolute Gasteiger partial charge is 0.338 e. The fraction of sp³-hybridized carbons (Fsp3) is 0.211. The molecule has 7 nitrogen and oxygen atoms in total. The van der Waals surface area contributed by atoms with Crippen molar-refractivity contribution in [2.45, 2.75) is 20.0 Å². The molecule has 1 unspecified atom stereocenters. The van der Waals surface area contributed by atoms with Crippen molar-refractivity contribution >= 4 is 17.9 Å². The third-order valence-corrected chi connectivity index (χ3v) is 3.55. The molecule has 0 spiro atoms. The highest BCUT2D eigenvalue weighted by Gasteiger charge is 2.20. The Kier molecular flexibility index (Phi) is 6.32. The van der Waals surface area contributed by atoms with E-state index in [1.165, 1.54) is 6.92 Å². The van der Waals surface area contributed by atoms with Gasteiger partial charge in [0.2, 0.25) is 0 Å². The second kappa shape index (κ2) is 8.66. The van der Waals surface area contributed by atoms with Gasteiger partial charge in [0.05, 0.1) is 5.56 Å². The zero-order valence-corrected chi connectivity index (χ0v) is 14.5. The van der Waals surface area contributed by atoms with Gasteiger partial charge in [-0.15, -0.1) is 0 Å². The Hall–Kier alpha value is -3.35. The zero-order valence-electron chi connectivity index (χ0n) is 14.5. The zero-order chi connectivity index (χ0) is 19.1. The standard InChI is InChI=1S/C19H20N2O5/c1-3-20-19(25)21-17(23)12(2)26-18(24)15-6-4-13(5-7-15)14-8-10-16(22)11-9-14/h4-12,22H,3H2,1-2H3,(H2,20,21,23,25). The van der Waals surface area contributed by atoms with E-state index in [4.69, 9.17) is 4.74 Å². The molecule has 0 aliphatic carbocycles. The number of imide groups is 1. The maximum absolute atomic E-state index is 12.1. The van der Waals surface area contributed by atoms with Crippen molar-refractivity contribution in [2.75, 3.05) is 6.54 Å². The number of hydrogen-bond donors (Lipinski definition) is 3. The first-order valence-corrected chi connectivity index (χ1v) is 8.10. The second-order valence-corrected chi connectivity index (χ2v) is 5.52. The maximum atomic E-state index is 12.1. The van der Waals surface area contributed by atoms with Gasteiger partial charge in [0.15, 0.2) is 6.10 Å². The van der Waals surface area contributed by atoms with Crippen LogP contribution >= 0.6 is 0 Å². The van der Waals surface area contributed by atoms with Crippen LogP contribution in [0.4, 0.5) is 4.79 Å². The first-order chi connectivity index (χ1) is 12.4. The summed E-state index contributed by atoms with van der Waals surface area (Å²) >= 11 is 0. The Balaban J connectivity index is 1.98. The van der Waals surface area contributed by atoms with Crippen LogP contribution in [0, 0.1) is 0 Å². The van der Waals surface area contributed by atoms with Crippen LogP contribution in [0.15, 0.2) is 48.5 Å². The Bertz CT molecular complexity index is 785. The fourth-order valence-electron chi connectivity index (χ4n) is 2.15. The Morgan fingerprint density at radius 3 is 2.08 bits per heavy atom. The van der Waals surface area contributed by atoms with E-state index < -0.39 is 24.0 Å². The van der Waals surface area contributed by atoms with E-state index in [9.17, 15) is 19.5 Å². The minimum absolute atomic E-state index is 0.175. The minimum atomic E-state index is -1.11. The van der Waals surface area contributed by atoms with E-state index in [-0.39, 0.29) is 11.3 Å². The number of benzene rings is 2. The number of esters is 1. The third-order valence-electron chi connectivity index (χ3n) is 3.55. The highest BCUT2D eigenvalue weighted by atomic mass is 16.5. The predicted molar refractivity (Wildman–Crippen MR) is 95.6 cm³/mol. The molecular formula is C19H20N2O5. The largest absolute Gasteiger partial charge is 0.508 e. The Morgan fingerprint density at radius 2 is 1.54 bits per heavy atom. The SMILES string of the molecule is CCNC(=O)NC(=O)C(C)OC(=O)c1ccc(-c2ccc(O)cc2)cc1. The summed E-state index contributed by atoms with van der Waals surface area (Å²) in [6, 6.07) is 12.7. The molecule has 0 fully saturated rings. The number of phenolic OH excluding ortho intramolecular Hbond substituents is 1. The van der Waals surface area contributed by atoms with Crippen LogP contribution in [0.1, 0.15) is 24.2 Å². The summed E-state index contributed by atoms with van der Waals surface area (Å²) in [5, 5.41) is 13.8. The van der Waals surface area contributed by atoms with Gasteiger partial charge in [-0.25, -0.2) is 9.59 Å². The van der Waals surface area contributed by atoms with E-state index in [1.807, 2.05) is 0 Å². The number of amides is 3. The van der Waals surface area contributed by atoms with Crippen molar-refractivity contribution in [3.8, 4) is 16.9 Å². The summed E-state index contributed by atoms with van der Waals surface area (Å²) in [5.74, 6) is -1.19. The molecule has 0 saturated heterocycles. The van der Waals surface area contributed by atoms with E-state index in [0.717, 1.165) is 11.1 Å². The number of rotatable bonds is 5. The summed E-state index contributed by atoms with van der Waals surface area (Å²) in [5.41, 5.74) is 2.03. The summed E-state index contributed by atoms with van der Waals surface area (Å²) in [4.78, 5) is 35.2. The average molecular weight is 356 g/mol. The van der Waals surface area contributed by atoms with Gasteiger partial charge < -0.3 is 15.2 Å². The first kappa shape index (κ1) is 19.0. The van der Waals surface area contributed by atoms with Gasteiger partial charge >= 0.3 is 12.0 Å². The summed E-state index contributed by atoms with van der Waals surface area (Å²) in [6.45, 7) is 3.48. The number of phenols is 1. The highest BCUT2D eigenvalue weighted by molar-refractivity contribution is 5.98. The van der Waals surface area contributed by atoms with Gasteiger partial charge in [-0.1, -0.05) is 24.3 Å². The quantitative estimate of drug-likeness (QED) is 0.714. The van der Waals surface area contributed by atoms with Crippen molar-refractivity contribution in [1.82, 2.24) is 10.6 Å². The van der Waals surface area contributed by atoms with E-state index in [1.54, 1.807) is 55.5 Å². The highest BCUT2D eigenvalue weighted by Crippen LogP contribution is 2.22. The number of hydrogen-bond acceptors (Lipinski definition) is 5.